The Morgan fingerprint density at radius 2 is 1.95 bits per heavy atom. The molecular weight excluding hydrogens is 246 g/mol. The smallest absolute Gasteiger partial charge is 0.122 e. The molecule has 2 nitrogen and oxygen atoms in total. The standard InChI is InChI=1S/C18H31NO/c1-7-8-15(3)19-11-12-20-17-10-9-16(13-14(17)2)18(4,5)6/h9-10,13,15,19H,7-8,11-12H2,1-6H3. The van der Waals surface area contributed by atoms with Crippen LogP contribution in [0.15, 0.2) is 18.2 Å². The average molecular weight is 277 g/mol. The van der Waals surface area contributed by atoms with Crippen LogP contribution in [-0.2, 0) is 5.41 Å². The highest BCUT2D eigenvalue weighted by Crippen LogP contribution is 2.27. The van der Waals surface area contributed by atoms with E-state index in [9.17, 15) is 0 Å². The van der Waals surface area contributed by atoms with Crippen molar-refractivity contribution in [2.45, 2.75) is 65.8 Å². The van der Waals surface area contributed by atoms with Gasteiger partial charge in [-0.15, -0.1) is 0 Å². The number of ether oxygens (including phenoxy) is 1. The van der Waals surface area contributed by atoms with Gasteiger partial charge in [-0.3, -0.25) is 0 Å². The summed E-state index contributed by atoms with van der Waals surface area (Å²) in [6, 6.07) is 7.09. The Labute approximate surface area is 124 Å². The summed E-state index contributed by atoms with van der Waals surface area (Å²) in [6.07, 6.45) is 2.45. The topological polar surface area (TPSA) is 21.3 Å². The SMILES string of the molecule is CCCC(C)NCCOc1ccc(C(C)(C)C)cc1C. The third-order valence-corrected chi connectivity index (χ3v) is 3.62. The minimum absolute atomic E-state index is 0.195. The quantitative estimate of drug-likeness (QED) is 0.743. The van der Waals surface area contributed by atoms with E-state index in [0.29, 0.717) is 6.04 Å². The molecule has 0 aliphatic rings. The molecule has 1 rings (SSSR count). The molecule has 2 heteroatoms. The number of rotatable bonds is 7. The molecule has 20 heavy (non-hydrogen) atoms. The molecule has 1 N–H and O–H groups in total. The summed E-state index contributed by atoms with van der Waals surface area (Å²) >= 11 is 0. The predicted molar refractivity (Wildman–Crippen MR) is 87.7 cm³/mol. The second kappa shape index (κ2) is 7.68. The maximum atomic E-state index is 5.87. The second-order valence-electron chi connectivity index (χ2n) is 6.72. The van der Waals surface area contributed by atoms with E-state index < -0.39 is 0 Å². The molecule has 0 aliphatic carbocycles. The Bertz CT molecular complexity index is 406. The fraction of sp³-hybridized carbons (Fsp3) is 0.667. The summed E-state index contributed by atoms with van der Waals surface area (Å²) in [7, 11) is 0. The van der Waals surface area contributed by atoms with Gasteiger partial charge in [0.15, 0.2) is 0 Å². The monoisotopic (exact) mass is 277 g/mol. The van der Waals surface area contributed by atoms with E-state index in [1.54, 1.807) is 0 Å². The number of hydrogen-bond acceptors (Lipinski definition) is 2. The van der Waals surface area contributed by atoms with Crippen molar-refractivity contribution in [3.8, 4) is 5.75 Å². The molecule has 1 atom stereocenters. The molecule has 0 saturated carbocycles. The van der Waals surface area contributed by atoms with Gasteiger partial charge in [-0.2, -0.15) is 0 Å². The van der Waals surface area contributed by atoms with Gasteiger partial charge in [0.05, 0.1) is 0 Å². The third-order valence-electron chi connectivity index (χ3n) is 3.62. The Hall–Kier alpha value is -1.02. The van der Waals surface area contributed by atoms with Crippen molar-refractivity contribution in [1.82, 2.24) is 5.32 Å². The summed E-state index contributed by atoms with van der Waals surface area (Å²) in [6.45, 7) is 14.9. The van der Waals surface area contributed by atoms with Crippen molar-refractivity contribution in [1.29, 1.82) is 0 Å². The van der Waals surface area contributed by atoms with E-state index in [1.165, 1.54) is 24.0 Å². The van der Waals surface area contributed by atoms with Gasteiger partial charge in [-0.25, -0.2) is 0 Å². The molecule has 0 bridgehead atoms. The van der Waals surface area contributed by atoms with Crippen molar-refractivity contribution >= 4 is 0 Å². The first-order chi connectivity index (χ1) is 9.34. The van der Waals surface area contributed by atoms with E-state index in [4.69, 9.17) is 4.74 Å². The zero-order chi connectivity index (χ0) is 15.2. The molecule has 0 fully saturated rings. The molecule has 1 unspecified atom stereocenters. The van der Waals surface area contributed by atoms with Gasteiger partial charge in [-0.1, -0.05) is 46.2 Å². The van der Waals surface area contributed by atoms with Gasteiger partial charge in [-0.05, 0) is 42.9 Å². The molecule has 1 aromatic rings. The Morgan fingerprint density at radius 1 is 1.25 bits per heavy atom. The molecule has 0 amide bonds. The molecule has 0 saturated heterocycles. The van der Waals surface area contributed by atoms with Gasteiger partial charge < -0.3 is 10.1 Å². The summed E-state index contributed by atoms with van der Waals surface area (Å²) in [4.78, 5) is 0. The van der Waals surface area contributed by atoms with E-state index >= 15 is 0 Å². The van der Waals surface area contributed by atoms with Gasteiger partial charge >= 0.3 is 0 Å². The van der Waals surface area contributed by atoms with Crippen LogP contribution in [0, 0.1) is 6.92 Å². The van der Waals surface area contributed by atoms with Crippen LogP contribution in [0.25, 0.3) is 0 Å². The third kappa shape index (κ3) is 5.54. The lowest BCUT2D eigenvalue weighted by Crippen LogP contribution is -2.30. The van der Waals surface area contributed by atoms with Crippen molar-refractivity contribution in [2.75, 3.05) is 13.2 Å². The van der Waals surface area contributed by atoms with Crippen LogP contribution >= 0.6 is 0 Å². The zero-order valence-corrected chi connectivity index (χ0v) is 14.0. The molecule has 0 aromatic heterocycles. The van der Waals surface area contributed by atoms with Crippen LogP contribution in [0.4, 0.5) is 0 Å². The molecule has 0 heterocycles. The summed E-state index contributed by atoms with van der Waals surface area (Å²) in [5.41, 5.74) is 2.77. The molecule has 1 aromatic carbocycles. The van der Waals surface area contributed by atoms with Crippen molar-refractivity contribution in [3.05, 3.63) is 29.3 Å². The normalized spacial score (nSPS) is 13.3. The van der Waals surface area contributed by atoms with Crippen molar-refractivity contribution in [3.63, 3.8) is 0 Å². The number of benzene rings is 1. The zero-order valence-electron chi connectivity index (χ0n) is 14.0. The molecule has 0 radical (unpaired) electrons. The van der Waals surface area contributed by atoms with Gasteiger partial charge in [0.2, 0.25) is 0 Å². The molecule has 0 aliphatic heterocycles. The van der Waals surface area contributed by atoms with E-state index in [0.717, 1.165) is 18.9 Å². The Kier molecular flexibility index (Phi) is 6.54. The lowest BCUT2D eigenvalue weighted by atomic mass is 9.86. The average Bonchev–Trinajstić information content (AvgIpc) is 2.35. The minimum Gasteiger partial charge on any atom is -0.492 e. The molecule has 114 valence electrons. The fourth-order valence-electron chi connectivity index (χ4n) is 2.28. The maximum Gasteiger partial charge on any atom is 0.122 e. The number of hydrogen-bond donors (Lipinski definition) is 1. The van der Waals surface area contributed by atoms with Gasteiger partial charge in [0.25, 0.3) is 0 Å². The Morgan fingerprint density at radius 3 is 2.50 bits per heavy atom. The number of aryl methyl sites for hydroxylation is 1. The minimum atomic E-state index is 0.195. The lowest BCUT2D eigenvalue weighted by molar-refractivity contribution is 0.303. The van der Waals surface area contributed by atoms with E-state index in [-0.39, 0.29) is 5.41 Å². The van der Waals surface area contributed by atoms with E-state index in [2.05, 4.69) is 65.1 Å². The highest BCUT2D eigenvalue weighted by atomic mass is 16.5. The van der Waals surface area contributed by atoms with Crippen LogP contribution in [0.5, 0.6) is 5.75 Å². The summed E-state index contributed by atoms with van der Waals surface area (Å²) < 4.78 is 5.87. The van der Waals surface area contributed by atoms with Crippen LogP contribution in [0.3, 0.4) is 0 Å². The highest BCUT2D eigenvalue weighted by Gasteiger charge is 2.14. The number of nitrogens with one attached hydrogen (secondary N) is 1. The largest absolute Gasteiger partial charge is 0.492 e. The van der Waals surface area contributed by atoms with Crippen molar-refractivity contribution in [2.24, 2.45) is 0 Å². The van der Waals surface area contributed by atoms with Gasteiger partial charge in [0, 0.05) is 12.6 Å². The molecule has 0 spiro atoms. The molecular formula is C18H31NO. The first kappa shape index (κ1) is 17.0. The van der Waals surface area contributed by atoms with Crippen LogP contribution < -0.4 is 10.1 Å². The van der Waals surface area contributed by atoms with Crippen LogP contribution in [-0.4, -0.2) is 19.2 Å². The summed E-state index contributed by atoms with van der Waals surface area (Å²) in [5.74, 6) is 1.00. The lowest BCUT2D eigenvalue weighted by Gasteiger charge is -2.21. The highest BCUT2D eigenvalue weighted by molar-refractivity contribution is 5.38. The Balaban J connectivity index is 2.45. The second-order valence-corrected chi connectivity index (χ2v) is 6.72. The fourth-order valence-corrected chi connectivity index (χ4v) is 2.28. The van der Waals surface area contributed by atoms with E-state index in [1.807, 2.05) is 0 Å². The van der Waals surface area contributed by atoms with Gasteiger partial charge in [0.1, 0.15) is 12.4 Å². The van der Waals surface area contributed by atoms with Crippen LogP contribution in [0.2, 0.25) is 0 Å². The first-order valence-corrected chi connectivity index (χ1v) is 7.82. The van der Waals surface area contributed by atoms with Crippen molar-refractivity contribution < 1.29 is 4.74 Å². The maximum absolute atomic E-state index is 5.87. The summed E-state index contributed by atoms with van der Waals surface area (Å²) in [5, 5.41) is 3.48. The predicted octanol–water partition coefficient (Wildman–Crippen LogP) is 4.45. The first-order valence-electron chi connectivity index (χ1n) is 7.82. The van der Waals surface area contributed by atoms with Crippen LogP contribution in [0.1, 0.15) is 58.6 Å².